The largest absolute Gasteiger partial charge is 0.447 e. The van der Waals surface area contributed by atoms with Crippen molar-refractivity contribution in [3.05, 3.63) is 0 Å². The van der Waals surface area contributed by atoms with Crippen molar-refractivity contribution in [2.75, 3.05) is 6.26 Å². The van der Waals surface area contributed by atoms with Crippen molar-refractivity contribution in [1.82, 2.24) is 10.6 Å². The summed E-state index contributed by atoms with van der Waals surface area (Å²) in [6.07, 6.45) is 4.31. The van der Waals surface area contributed by atoms with E-state index in [2.05, 4.69) is 15.6 Å². The lowest BCUT2D eigenvalue weighted by molar-refractivity contribution is 0.109. The van der Waals surface area contributed by atoms with E-state index in [9.17, 15) is 9.59 Å². The standard InChI is InChI=1S/C18H33N3O4S/c1-11(2)24-17(22)20-13(5)19-16(26-6)14-7-9-15(10-8-14)21-18(23)25-12(3)4/h11-15H,7-10H2,1-6H3,(H,20,22)(H,21,23)/b19-16-. The van der Waals surface area contributed by atoms with Gasteiger partial charge in [0, 0.05) is 12.0 Å². The maximum Gasteiger partial charge on any atom is 0.409 e. The molecule has 150 valence electrons. The first-order valence-corrected chi connectivity index (χ1v) is 10.5. The Morgan fingerprint density at radius 2 is 1.50 bits per heavy atom. The van der Waals surface area contributed by atoms with E-state index in [0.717, 1.165) is 30.7 Å². The molecule has 1 aliphatic rings. The van der Waals surface area contributed by atoms with Crippen LogP contribution in [-0.4, -0.2) is 47.9 Å². The number of rotatable bonds is 6. The van der Waals surface area contributed by atoms with Crippen LogP contribution in [0, 0.1) is 5.92 Å². The quantitative estimate of drug-likeness (QED) is 0.532. The first-order valence-electron chi connectivity index (χ1n) is 9.27. The molecule has 2 N–H and O–H groups in total. The molecule has 7 nitrogen and oxygen atoms in total. The molecule has 0 heterocycles. The predicted octanol–water partition coefficient (Wildman–Crippen LogP) is 3.92. The number of ether oxygens (including phenoxy) is 2. The number of aliphatic imine (C=N–C) groups is 1. The van der Waals surface area contributed by atoms with Crippen LogP contribution in [0.4, 0.5) is 9.59 Å². The van der Waals surface area contributed by atoms with Crippen LogP contribution in [0.1, 0.15) is 60.3 Å². The first-order chi connectivity index (χ1) is 12.2. The van der Waals surface area contributed by atoms with Crippen LogP contribution in [0.2, 0.25) is 0 Å². The van der Waals surface area contributed by atoms with Gasteiger partial charge in [-0.1, -0.05) is 0 Å². The third-order valence-electron chi connectivity index (χ3n) is 3.94. The van der Waals surface area contributed by atoms with Crippen LogP contribution >= 0.6 is 11.8 Å². The fourth-order valence-electron chi connectivity index (χ4n) is 2.87. The molecule has 0 radical (unpaired) electrons. The second-order valence-corrected chi connectivity index (χ2v) is 7.92. The monoisotopic (exact) mass is 387 g/mol. The third-order valence-corrected chi connectivity index (χ3v) is 4.80. The van der Waals surface area contributed by atoms with E-state index in [0.29, 0.717) is 5.92 Å². The molecule has 1 fully saturated rings. The molecule has 1 unspecified atom stereocenters. The molecule has 0 saturated heterocycles. The molecule has 26 heavy (non-hydrogen) atoms. The van der Waals surface area contributed by atoms with Gasteiger partial charge in [-0.05, 0) is 66.6 Å². The molecule has 1 saturated carbocycles. The number of amides is 2. The fraction of sp³-hybridized carbons (Fsp3) is 0.833. The Bertz CT molecular complexity index is 489. The summed E-state index contributed by atoms with van der Waals surface area (Å²) in [6, 6.07) is 0.150. The average Bonchev–Trinajstić information content (AvgIpc) is 2.51. The van der Waals surface area contributed by atoms with Crippen molar-refractivity contribution in [2.45, 2.75) is 84.7 Å². The van der Waals surface area contributed by atoms with E-state index in [1.807, 2.05) is 40.9 Å². The highest BCUT2D eigenvalue weighted by Crippen LogP contribution is 2.29. The molecule has 2 amide bonds. The SMILES string of the molecule is CS/C(=N\C(C)NC(=O)OC(C)C)C1CCC(NC(=O)OC(C)C)CC1. The molecule has 1 rings (SSSR count). The topological polar surface area (TPSA) is 89.0 Å². The number of carbonyl (C=O) groups is 2. The second-order valence-electron chi connectivity index (χ2n) is 7.09. The lowest BCUT2D eigenvalue weighted by Gasteiger charge is -2.29. The molecule has 0 aromatic heterocycles. The van der Waals surface area contributed by atoms with E-state index in [1.165, 1.54) is 0 Å². The summed E-state index contributed by atoms with van der Waals surface area (Å²) in [5.41, 5.74) is 0. The Labute approximate surface area is 161 Å². The van der Waals surface area contributed by atoms with E-state index in [-0.39, 0.29) is 30.5 Å². The third kappa shape index (κ3) is 8.78. The minimum absolute atomic E-state index is 0.113. The Balaban J connectivity index is 2.49. The summed E-state index contributed by atoms with van der Waals surface area (Å²) in [5.74, 6) is 0.356. The van der Waals surface area contributed by atoms with Crippen molar-refractivity contribution >= 4 is 29.0 Å². The summed E-state index contributed by atoms with van der Waals surface area (Å²) in [5, 5.41) is 6.70. The highest BCUT2D eigenvalue weighted by molar-refractivity contribution is 8.13. The van der Waals surface area contributed by atoms with Gasteiger partial charge in [-0.15, -0.1) is 11.8 Å². The van der Waals surface area contributed by atoms with Crippen LogP contribution in [-0.2, 0) is 9.47 Å². The highest BCUT2D eigenvalue weighted by Gasteiger charge is 2.26. The summed E-state index contributed by atoms with van der Waals surface area (Å²) < 4.78 is 10.2. The van der Waals surface area contributed by atoms with Gasteiger partial charge < -0.3 is 14.8 Å². The zero-order valence-electron chi connectivity index (χ0n) is 16.7. The molecule has 0 aromatic rings. The van der Waals surface area contributed by atoms with E-state index in [4.69, 9.17) is 9.47 Å². The molecular weight excluding hydrogens is 354 g/mol. The highest BCUT2D eigenvalue weighted by atomic mass is 32.2. The lowest BCUT2D eigenvalue weighted by Crippen LogP contribution is -2.40. The van der Waals surface area contributed by atoms with Crippen LogP contribution in [0.3, 0.4) is 0 Å². The molecule has 0 aliphatic heterocycles. The Hall–Kier alpha value is -1.44. The number of thioether (sulfide) groups is 1. The van der Waals surface area contributed by atoms with Gasteiger partial charge in [0.2, 0.25) is 0 Å². The van der Waals surface area contributed by atoms with Crippen LogP contribution in [0.15, 0.2) is 4.99 Å². The second kappa shape index (κ2) is 11.3. The average molecular weight is 388 g/mol. The normalized spacial score (nSPS) is 22.1. The molecule has 1 atom stereocenters. The van der Waals surface area contributed by atoms with Gasteiger partial charge in [0.05, 0.1) is 17.3 Å². The van der Waals surface area contributed by atoms with Gasteiger partial charge in [0.25, 0.3) is 0 Å². The van der Waals surface area contributed by atoms with Gasteiger partial charge in [0.1, 0.15) is 6.17 Å². The Kier molecular flexibility index (Phi) is 9.83. The Morgan fingerprint density at radius 3 is 2.00 bits per heavy atom. The van der Waals surface area contributed by atoms with Crippen molar-refractivity contribution in [3.8, 4) is 0 Å². The summed E-state index contributed by atoms with van der Waals surface area (Å²) in [6.45, 7) is 9.13. The van der Waals surface area contributed by atoms with Crippen molar-refractivity contribution in [3.63, 3.8) is 0 Å². The van der Waals surface area contributed by atoms with E-state index < -0.39 is 6.09 Å². The number of hydrogen-bond acceptors (Lipinski definition) is 6. The van der Waals surface area contributed by atoms with Crippen molar-refractivity contribution in [2.24, 2.45) is 10.9 Å². The van der Waals surface area contributed by atoms with Crippen LogP contribution < -0.4 is 10.6 Å². The lowest BCUT2D eigenvalue weighted by atomic mass is 9.86. The summed E-state index contributed by atoms with van der Waals surface area (Å²) in [7, 11) is 0. The molecule has 0 spiro atoms. The number of carbonyl (C=O) groups excluding carboxylic acids is 2. The predicted molar refractivity (Wildman–Crippen MR) is 106 cm³/mol. The molecular formula is C18H33N3O4S. The van der Waals surface area contributed by atoms with Crippen molar-refractivity contribution < 1.29 is 19.1 Å². The fourth-order valence-corrected chi connectivity index (χ4v) is 3.70. The smallest absolute Gasteiger partial charge is 0.409 e. The summed E-state index contributed by atoms with van der Waals surface area (Å²) in [4.78, 5) is 28.0. The minimum Gasteiger partial charge on any atom is -0.447 e. The number of nitrogens with zero attached hydrogens (tertiary/aromatic N) is 1. The molecule has 0 aromatic carbocycles. The zero-order valence-corrected chi connectivity index (χ0v) is 17.5. The van der Waals surface area contributed by atoms with Crippen molar-refractivity contribution in [1.29, 1.82) is 0 Å². The van der Waals surface area contributed by atoms with E-state index >= 15 is 0 Å². The van der Waals surface area contributed by atoms with Crippen LogP contribution in [0.5, 0.6) is 0 Å². The van der Waals surface area contributed by atoms with Crippen LogP contribution in [0.25, 0.3) is 0 Å². The number of nitrogens with one attached hydrogen (secondary N) is 2. The molecule has 8 heteroatoms. The number of alkyl carbamates (subject to hydrolysis) is 2. The van der Waals surface area contributed by atoms with Gasteiger partial charge in [0.15, 0.2) is 0 Å². The van der Waals surface area contributed by atoms with Gasteiger partial charge in [-0.2, -0.15) is 0 Å². The molecule has 1 aliphatic carbocycles. The van der Waals surface area contributed by atoms with Gasteiger partial charge >= 0.3 is 12.2 Å². The maximum absolute atomic E-state index is 11.7. The maximum atomic E-state index is 11.7. The van der Waals surface area contributed by atoms with E-state index in [1.54, 1.807) is 11.8 Å². The van der Waals surface area contributed by atoms with Gasteiger partial charge in [-0.3, -0.25) is 10.3 Å². The minimum atomic E-state index is -0.451. The number of hydrogen-bond donors (Lipinski definition) is 2. The Morgan fingerprint density at radius 1 is 0.962 bits per heavy atom. The summed E-state index contributed by atoms with van der Waals surface area (Å²) >= 11 is 1.62. The zero-order chi connectivity index (χ0) is 19.7. The molecule has 0 bridgehead atoms. The van der Waals surface area contributed by atoms with Gasteiger partial charge in [-0.25, -0.2) is 9.59 Å². The first kappa shape index (κ1) is 22.6.